The van der Waals surface area contributed by atoms with Gasteiger partial charge in [-0.15, -0.1) is 0 Å². The first kappa shape index (κ1) is 16.9. The molecule has 0 saturated carbocycles. The van der Waals surface area contributed by atoms with E-state index in [1.54, 1.807) is 7.05 Å². The molecule has 4 N–H and O–H groups in total. The van der Waals surface area contributed by atoms with Crippen LogP contribution in [0.2, 0.25) is 0 Å². The van der Waals surface area contributed by atoms with E-state index in [2.05, 4.69) is 14.6 Å². The van der Waals surface area contributed by atoms with Gasteiger partial charge in [0, 0.05) is 34.7 Å². The van der Waals surface area contributed by atoms with Crippen molar-refractivity contribution in [1.29, 1.82) is 0 Å². The van der Waals surface area contributed by atoms with E-state index in [4.69, 9.17) is 10.9 Å². The van der Waals surface area contributed by atoms with Crippen LogP contribution in [0.4, 0.5) is 4.39 Å². The van der Waals surface area contributed by atoms with E-state index in [1.165, 1.54) is 28.3 Å². The number of phenolic OH excluding ortho intramolecular Hbond substituents is 1. The van der Waals surface area contributed by atoms with Crippen LogP contribution in [0.1, 0.15) is 16.3 Å². The molecule has 3 rings (SSSR count). The number of nitrogens with two attached hydrogens (primary N) is 1. The number of hydrogen-bond donors (Lipinski definition) is 3. The first-order chi connectivity index (χ1) is 11.8. The lowest BCUT2D eigenvalue weighted by Crippen LogP contribution is -2.18. The van der Waals surface area contributed by atoms with Crippen LogP contribution in [-0.2, 0) is 7.05 Å². The molecular weight excluding hydrogens is 345 g/mol. The highest BCUT2D eigenvalue weighted by Crippen LogP contribution is 2.40. The van der Waals surface area contributed by atoms with Gasteiger partial charge in [0.25, 0.3) is 0 Å². The molecule has 7 nitrogen and oxygen atoms in total. The molecule has 0 aliphatic carbocycles. The van der Waals surface area contributed by atoms with Crippen LogP contribution in [0.15, 0.2) is 23.4 Å². The van der Waals surface area contributed by atoms with Gasteiger partial charge in [-0.1, -0.05) is 5.16 Å². The van der Waals surface area contributed by atoms with Gasteiger partial charge in [0.1, 0.15) is 23.0 Å². The Labute approximate surface area is 147 Å². The van der Waals surface area contributed by atoms with Gasteiger partial charge >= 0.3 is 0 Å². The van der Waals surface area contributed by atoms with E-state index in [1.807, 2.05) is 13.8 Å². The molecule has 130 valence electrons. The minimum absolute atomic E-state index is 0.138. The van der Waals surface area contributed by atoms with Crippen LogP contribution in [0.3, 0.4) is 0 Å². The van der Waals surface area contributed by atoms with Crippen LogP contribution in [0, 0.1) is 19.7 Å². The summed E-state index contributed by atoms with van der Waals surface area (Å²) in [5.41, 5.74) is 8.77. The Morgan fingerprint density at radius 3 is 2.60 bits per heavy atom. The van der Waals surface area contributed by atoms with Crippen molar-refractivity contribution in [3.8, 4) is 28.1 Å². The number of phenols is 1. The van der Waals surface area contributed by atoms with Gasteiger partial charge < -0.3 is 16.0 Å². The van der Waals surface area contributed by atoms with Crippen LogP contribution in [-0.4, -0.2) is 30.3 Å². The van der Waals surface area contributed by atoms with Gasteiger partial charge in [-0.05, 0) is 37.5 Å². The number of hydrogen-bond acceptors (Lipinski definition) is 6. The predicted octanol–water partition coefficient (Wildman–Crippen LogP) is 2.77. The molecule has 0 spiro atoms. The second kappa shape index (κ2) is 6.17. The highest BCUT2D eigenvalue weighted by molar-refractivity contribution is 7.06. The summed E-state index contributed by atoms with van der Waals surface area (Å²) < 4.78 is 20.2. The first-order valence-electron chi connectivity index (χ1n) is 7.32. The predicted molar refractivity (Wildman–Crippen MR) is 93.4 cm³/mol. The summed E-state index contributed by atoms with van der Waals surface area (Å²) >= 11 is 1.31. The van der Waals surface area contributed by atoms with Crippen LogP contribution in [0.5, 0.6) is 5.75 Å². The van der Waals surface area contributed by atoms with E-state index in [9.17, 15) is 9.50 Å². The SMILES string of the molecule is Cc1nsc(C)c1-c1c(-c2ccc(O)cc2F)nn(C)c1C(N)=NO. The molecule has 9 heteroatoms. The molecule has 0 bridgehead atoms. The minimum atomic E-state index is -0.621. The number of oxime groups is 1. The summed E-state index contributed by atoms with van der Waals surface area (Å²) in [7, 11) is 1.63. The molecule has 0 aliphatic rings. The summed E-state index contributed by atoms with van der Waals surface area (Å²) in [6.45, 7) is 3.72. The number of amidine groups is 1. The Hall–Kier alpha value is -2.94. The smallest absolute Gasteiger partial charge is 0.189 e. The maximum absolute atomic E-state index is 14.4. The number of halogens is 1. The van der Waals surface area contributed by atoms with E-state index in [-0.39, 0.29) is 17.1 Å². The molecule has 0 unspecified atom stereocenters. The van der Waals surface area contributed by atoms with Gasteiger partial charge in [-0.3, -0.25) is 4.68 Å². The largest absolute Gasteiger partial charge is 0.508 e. The molecular formula is C16H16FN5O2S. The quantitative estimate of drug-likeness (QED) is 0.288. The molecule has 3 aromatic rings. The second-order valence-electron chi connectivity index (χ2n) is 5.54. The van der Waals surface area contributed by atoms with Crippen molar-refractivity contribution in [2.45, 2.75) is 13.8 Å². The lowest BCUT2D eigenvalue weighted by Gasteiger charge is -2.08. The Balaban J connectivity index is 2.41. The second-order valence-corrected chi connectivity index (χ2v) is 6.52. The third-order valence-corrected chi connectivity index (χ3v) is 4.73. The Kier molecular flexibility index (Phi) is 4.17. The molecule has 0 aliphatic heterocycles. The van der Waals surface area contributed by atoms with E-state index >= 15 is 0 Å². The summed E-state index contributed by atoms with van der Waals surface area (Å²) in [5, 5.41) is 26.1. The van der Waals surface area contributed by atoms with Crippen molar-refractivity contribution < 1.29 is 14.7 Å². The number of aromatic nitrogens is 3. The normalized spacial score (nSPS) is 11.9. The average molecular weight is 361 g/mol. The molecule has 2 heterocycles. The standard InChI is InChI=1S/C16H16FN5O2S/c1-7-12(8(2)25-21-7)13-14(10-5-4-9(23)6-11(10)17)19-22(3)15(13)16(18)20-24/h4-6,23-24H,1-3H3,(H2,18,20). The van der Waals surface area contributed by atoms with Crippen molar-refractivity contribution in [1.82, 2.24) is 14.2 Å². The highest BCUT2D eigenvalue weighted by Gasteiger charge is 2.27. The lowest BCUT2D eigenvalue weighted by atomic mass is 9.97. The van der Waals surface area contributed by atoms with E-state index in [0.29, 0.717) is 17.0 Å². The monoisotopic (exact) mass is 361 g/mol. The highest BCUT2D eigenvalue weighted by atomic mass is 32.1. The number of rotatable bonds is 3. The third kappa shape index (κ3) is 2.72. The van der Waals surface area contributed by atoms with Crippen molar-refractivity contribution in [2.24, 2.45) is 17.9 Å². The van der Waals surface area contributed by atoms with Crippen LogP contribution in [0.25, 0.3) is 22.4 Å². The molecule has 2 aromatic heterocycles. The van der Waals surface area contributed by atoms with E-state index in [0.717, 1.165) is 22.2 Å². The van der Waals surface area contributed by atoms with Gasteiger partial charge in [0.05, 0.1) is 5.69 Å². The zero-order valence-electron chi connectivity index (χ0n) is 13.8. The van der Waals surface area contributed by atoms with Gasteiger partial charge in [-0.25, -0.2) is 4.39 Å². The van der Waals surface area contributed by atoms with Gasteiger partial charge in [-0.2, -0.15) is 9.47 Å². The number of aromatic hydroxyl groups is 1. The van der Waals surface area contributed by atoms with Crippen molar-refractivity contribution in [2.75, 3.05) is 0 Å². The Morgan fingerprint density at radius 1 is 1.32 bits per heavy atom. The summed E-state index contributed by atoms with van der Waals surface area (Å²) in [6, 6.07) is 3.84. The first-order valence-corrected chi connectivity index (χ1v) is 8.09. The fraction of sp³-hybridized carbons (Fsp3) is 0.188. The number of aryl methyl sites for hydroxylation is 3. The molecule has 25 heavy (non-hydrogen) atoms. The molecule has 0 amide bonds. The zero-order chi connectivity index (χ0) is 18.3. The average Bonchev–Trinajstić information content (AvgIpc) is 3.06. The summed E-state index contributed by atoms with van der Waals surface area (Å²) in [6.07, 6.45) is 0. The minimum Gasteiger partial charge on any atom is -0.508 e. The topological polar surface area (TPSA) is 110 Å². The maximum Gasteiger partial charge on any atom is 0.189 e. The van der Waals surface area contributed by atoms with Gasteiger partial charge in [0.15, 0.2) is 5.84 Å². The number of nitrogens with zero attached hydrogens (tertiary/aromatic N) is 4. The molecule has 1 aromatic carbocycles. The molecule has 0 radical (unpaired) electrons. The van der Waals surface area contributed by atoms with Crippen LogP contribution >= 0.6 is 11.5 Å². The fourth-order valence-electron chi connectivity index (χ4n) is 2.83. The van der Waals surface area contributed by atoms with Crippen LogP contribution < -0.4 is 5.73 Å². The van der Waals surface area contributed by atoms with Crippen molar-refractivity contribution in [3.05, 3.63) is 40.3 Å². The number of benzene rings is 1. The maximum atomic E-state index is 14.4. The third-order valence-electron chi connectivity index (χ3n) is 3.89. The Bertz CT molecular complexity index is 973. The van der Waals surface area contributed by atoms with E-state index < -0.39 is 5.82 Å². The van der Waals surface area contributed by atoms with Crippen molar-refractivity contribution >= 4 is 17.4 Å². The van der Waals surface area contributed by atoms with Crippen molar-refractivity contribution in [3.63, 3.8) is 0 Å². The Morgan fingerprint density at radius 2 is 2.04 bits per heavy atom. The molecule has 0 atom stereocenters. The molecule has 0 saturated heterocycles. The van der Waals surface area contributed by atoms with Gasteiger partial charge in [0.2, 0.25) is 0 Å². The summed E-state index contributed by atoms with van der Waals surface area (Å²) in [4.78, 5) is 0.901. The lowest BCUT2D eigenvalue weighted by molar-refractivity contribution is 0.318. The zero-order valence-corrected chi connectivity index (χ0v) is 14.6. The summed E-state index contributed by atoms with van der Waals surface area (Å²) in [5.74, 6) is -0.940. The fourth-order valence-corrected chi connectivity index (χ4v) is 3.53. The molecule has 0 fully saturated rings.